The van der Waals surface area contributed by atoms with Gasteiger partial charge in [0.1, 0.15) is 0 Å². The van der Waals surface area contributed by atoms with E-state index in [1.54, 1.807) is 0 Å². The lowest BCUT2D eigenvalue weighted by molar-refractivity contribution is -0.125. The Balaban J connectivity index is 1.46. The minimum Gasteiger partial charge on any atom is -0.387 e. The summed E-state index contributed by atoms with van der Waals surface area (Å²) in [5, 5.41) is 10.9. The van der Waals surface area contributed by atoms with E-state index in [1.807, 2.05) is 6.92 Å². The van der Waals surface area contributed by atoms with Crippen molar-refractivity contribution in [2.24, 2.45) is 35.0 Å². The molecule has 132 valence electrons. The Morgan fingerprint density at radius 2 is 1.78 bits per heavy atom. The summed E-state index contributed by atoms with van der Waals surface area (Å²) >= 11 is 0. The number of rotatable bonds is 3. The molecule has 0 spiro atoms. The third-order valence-corrected chi connectivity index (χ3v) is 8.46. The maximum Gasteiger partial charge on any atom is 0.0883 e. The first-order chi connectivity index (χ1) is 11.0. The van der Waals surface area contributed by atoms with Gasteiger partial charge >= 0.3 is 0 Å². The number of ether oxygens (including phenoxy) is 1. The van der Waals surface area contributed by atoms with Gasteiger partial charge < -0.3 is 9.84 Å². The lowest BCUT2D eigenvalue weighted by atomic mass is 9.50. The molecule has 4 aliphatic rings. The van der Waals surface area contributed by atoms with Crippen LogP contribution in [0.4, 0.5) is 0 Å². The van der Waals surface area contributed by atoms with Crippen LogP contribution in [0.25, 0.3) is 0 Å². The molecule has 1 N–H and O–H groups in total. The summed E-state index contributed by atoms with van der Waals surface area (Å²) in [6.07, 6.45) is 13.5. The van der Waals surface area contributed by atoms with E-state index in [0.717, 1.165) is 49.0 Å². The van der Waals surface area contributed by atoms with E-state index in [2.05, 4.69) is 6.92 Å². The minimum atomic E-state index is -0.527. The average molecular weight is 321 g/mol. The molecular weight excluding hydrogens is 284 g/mol. The molecule has 4 saturated carbocycles. The molecule has 0 aromatic heterocycles. The summed E-state index contributed by atoms with van der Waals surface area (Å²) in [6.45, 7) is 5.90. The van der Waals surface area contributed by atoms with Crippen LogP contribution in [-0.2, 0) is 4.74 Å². The van der Waals surface area contributed by atoms with Gasteiger partial charge in [-0.25, -0.2) is 0 Å². The van der Waals surface area contributed by atoms with Crippen molar-refractivity contribution in [3.63, 3.8) is 0 Å². The molecule has 23 heavy (non-hydrogen) atoms. The van der Waals surface area contributed by atoms with E-state index >= 15 is 0 Å². The molecule has 0 unspecified atom stereocenters. The van der Waals surface area contributed by atoms with Gasteiger partial charge in [0.25, 0.3) is 0 Å². The van der Waals surface area contributed by atoms with Gasteiger partial charge in [-0.3, -0.25) is 0 Å². The van der Waals surface area contributed by atoms with E-state index in [9.17, 15) is 5.11 Å². The zero-order valence-corrected chi connectivity index (χ0v) is 15.2. The Morgan fingerprint density at radius 1 is 0.957 bits per heavy atom. The van der Waals surface area contributed by atoms with Crippen LogP contribution < -0.4 is 0 Å². The maximum absolute atomic E-state index is 10.9. The van der Waals surface area contributed by atoms with E-state index < -0.39 is 5.60 Å². The molecule has 0 aromatic rings. The average Bonchev–Trinajstić information content (AvgIpc) is 2.94. The molecular formula is C21H36O2. The Morgan fingerprint density at radius 3 is 2.61 bits per heavy atom. The fourth-order valence-corrected chi connectivity index (χ4v) is 7.38. The first-order valence-electron chi connectivity index (χ1n) is 10.3. The standard InChI is InChI=1S/C21H36O2/c1-3-23-14-21(22)12-9-16-15(13-21)6-7-18-17(16)8-11-20(2)10-4-5-19(18)20/h15-19,22H,3-14H2,1-2H3/t15-,16+,17-,18-,19+,20+,21-/m1/s1. The summed E-state index contributed by atoms with van der Waals surface area (Å²) < 4.78 is 5.58. The third kappa shape index (κ3) is 2.78. The zero-order valence-electron chi connectivity index (χ0n) is 15.2. The van der Waals surface area contributed by atoms with Crippen molar-refractivity contribution in [2.75, 3.05) is 13.2 Å². The second-order valence-electron chi connectivity index (χ2n) is 9.62. The van der Waals surface area contributed by atoms with Crippen molar-refractivity contribution < 1.29 is 9.84 Å². The Hall–Kier alpha value is -0.0800. The third-order valence-electron chi connectivity index (χ3n) is 8.46. The van der Waals surface area contributed by atoms with Gasteiger partial charge in [-0.1, -0.05) is 13.3 Å². The number of hydrogen-bond donors (Lipinski definition) is 1. The molecule has 4 fully saturated rings. The summed E-state index contributed by atoms with van der Waals surface area (Å²) in [4.78, 5) is 0. The van der Waals surface area contributed by atoms with Crippen LogP contribution in [-0.4, -0.2) is 23.9 Å². The molecule has 4 rings (SSSR count). The van der Waals surface area contributed by atoms with Crippen molar-refractivity contribution in [1.82, 2.24) is 0 Å². The molecule has 0 aromatic carbocycles. The lowest BCUT2D eigenvalue weighted by Crippen LogP contribution is -2.51. The molecule has 4 aliphatic carbocycles. The van der Waals surface area contributed by atoms with Gasteiger partial charge in [-0.2, -0.15) is 0 Å². The van der Waals surface area contributed by atoms with Crippen LogP contribution in [0.5, 0.6) is 0 Å². The summed E-state index contributed by atoms with van der Waals surface area (Å²) in [5.74, 6) is 4.67. The van der Waals surface area contributed by atoms with Crippen LogP contribution in [0.2, 0.25) is 0 Å². The molecule has 0 bridgehead atoms. The first-order valence-corrected chi connectivity index (χ1v) is 10.3. The molecule has 0 saturated heterocycles. The second-order valence-corrected chi connectivity index (χ2v) is 9.62. The topological polar surface area (TPSA) is 29.5 Å². The largest absolute Gasteiger partial charge is 0.387 e. The van der Waals surface area contributed by atoms with Crippen LogP contribution >= 0.6 is 0 Å². The Kier molecular flexibility index (Phi) is 4.29. The smallest absolute Gasteiger partial charge is 0.0883 e. The van der Waals surface area contributed by atoms with Crippen LogP contribution in [0.3, 0.4) is 0 Å². The fourth-order valence-electron chi connectivity index (χ4n) is 7.38. The highest BCUT2D eigenvalue weighted by molar-refractivity contribution is 5.04. The van der Waals surface area contributed by atoms with E-state index in [4.69, 9.17) is 4.74 Å². The second kappa shape index (κ2) is 6.02. The minimum absolute atomic E-state index is 0.527. The van der Waals surface area contributed by atoms with Crippen LogP contribution in [0.1, 0.15) is 78.1 Å². The monoisotopic (exact) mass is 320 g/mol. The molecule has 2 nitrogen and oxygen atoms in total. The molecule has 0 radical (unpaired) electrons. The summed E-state index contributed by atoms with van der Waals surface area (Å²) in [6, 6.07) is 0. The quantitative estimate of drug-likeness (QED) is 0.809. The van der Waals surface area contributed by atoms with Crippen molar-refractivity contribution >= 4 is 0 Å². The number of aliphatic hydroxyl groups is 1. The first kappa shape index (κ1) is 16.4. The predicted molar refractivity (Wildman–Crippen MR) is 93.2 cm³/mol. The van der Waals surface area contributed by atoms with Gasteiger partial charge in [-0.15, -0.1) is 0 Å². The summed E-state index contributed by atoms with van der Waals surface area (Å²) in [5.41, 5.74) is 0.152. The van der Waals surface area contributed by atoms with Gasteiger partial charge in [-0.05, 0) is 99.7 Å². The zero-order chi connectivity index (χ0) is 16.1. The number of hydrogen-bond acceptors (Lipinski definition) is 2. The molecule has 0 aliphatic heterocycles. The van der Waals surface area contributed by atoms with Crippen LogP contribution in [0, 0.1) is 35.0 Å². The van der Waals surface area contributed by atoms with Crippen LogP contribution in [0.15, 0.2) is 0 Å². The Bertz CT molecular complexity index is 436. The SMILES string of the molecule is CCOC[C@@]1(O)CC[C@H]2[C@H](CC[C@@H]3[C@@H]2CC[C@]2(C)CCC[C@@H]32)C1. The predicted octanol–water partition coefficient (Wildman–Crippen LogP) is 4.80. The normalized spacial score (nSPS) is 52.6. The van der Waals surface area contributed by atoms with E-state index in [-0.39, 0.29) is 0 Å². The van der Waals surface area contributed by atoms with Gasteiger partial charge in [0.05, 0.1) is 12.2 Å². The van der Waals surface area contributed by atoms with E-state index in [0.29, 0.717) is 12.0 Å². The van der Waals surface area contributed by atoms with Gasteiger partial charge in [0, 0.05) is 6.61 Å². The van der Waals surface area contributed by atoms with Crippen molar-refractivity contribution in [1.29, 1.82) is 0 Å². The van der Waals surface area contributed by atoms with Crippen molar-refractivity contribution in [3.05, 3.63) is 0 Å². The van der Waals surface area contributed by atoms with Crippen molar-refractivity contribution in [2.45, 2.75) is 83.7 Å². The molecule has 0 amide bonds. The van der Waals surface area contributed by atoms with Gasteiger partial charge in [0.15, 0.2) is 0 Å². The van der Waals surface area contributed by atoms with Crippen molar-refractivity contribution in [3.8, 4) is 0 Å². The van der Waals surface area contributed by atoms with E-state index in [1.165, 1.54) is 51.4 Å². The number of fused-ring (bicyclic) bond motifs is 5. The Labute approximate surface area is 142 Å². The lowest BCUT2D eigenvalue weighted by Gasteiger charge is -2.56. The highest BCUT2D eigenvalue weighted by Crippen LogP contribution is 2.62. The maximum atomic E-state index is 10.9. The fraction of sp³-hybridized carbons (Fsp3) is 1.00. The highest BCUT2D eigenvalue weighted by Gasteiger charge is 2.54. The molecule has 0 heterocycles. The summed E-state index contributed by atoms with van der Waals surface area (Å²) in [7, 11) is 0. The molecule has 7 atom stereocenters. The highest BCUT2D eigenvalue weighted by atomic mass is 16.5. The van der Waals surface area contributed by atoms with Gasteiger partial charge in [0.2, 0.25) is 0 Å². The molecule has 2 heteroatoms.